The first kappa shape index (κ1) is 36.9. The number of fused-ring (bicyclic) bond motifs is 8. The smallest absolute Gasteiger partial charge is 0.0468 e. The fraction of sp³-hybridized carbons (Fsp3) is 0.148. The predicted molar refractivity (Wildman–Crippen MR) is 262 cm³/mol. The minimum atomic E-state index is -0.202. The molecule has 3 aliphatic rings. The molecule has 0 aliphatic heterocycles. The standard InChI is InChI=1S/C61H49N/c1-59(2)53-34-30-43(62(42-27-23-39(24-28-42)38-15-8-7-9-16-38)44-29-33-49-47-19-11-13-21-52(47)61(5,6)56(49)37-44)36-50(53)58-45(31-25-40-17-14-22-54(59)57(40)58)41-26-32-48-46-18-10-12-20-51(46)60(3,4)55(48)35-41/h7-37H,1-6H3. The summed E-state index contributed by atoms with van der Waals surface area (Å²) in [6.45, 7) is 14.3. The molecule has 1 heteroatoms. The number of nitrogens with zero attached hydrogens (tertiary/aromatic N) is 1. The van der Waals surface area contributed by atoms with Crippen LogP contribution in [0.15, 0.2) is 188 Å². The van der Waals surface area contributed by atoms with Crippen LogP contribution in [-0.2, 0) is 16.2 Å². The molecule has 0 bridgehead atoms. The average molecular weight is 796 g/mol. The molecule has 0 atom stereocenters. The van der Waals surface area contributed by atoms with Gasteiger partial charge in [-0.15, -0.1) is 0 Å². The van der Waals surface area contributed by atoms with Crippen LogP contribution in [0.25, 0.3) is 66.4 Å². The Morgan fingerprint density at radius 2 is 0.774 bits per heavy atom. The molecule has 0 N–H and O–H groups in total. The minimum Gasteiger partial charge on any atom is -0.310 e. The monoisotopic (exact) mass is 795 g/mol. The quantitative estimate of drug-likeness (QED) is 0.168. The molecule has 0 spiro atoms. The summed E-state index contributed by atoms with van der Waals surface area (Å²) in [5, 5.41) is 2.64. The molecule has 0 amide bonds. The third-order valence-corrected chi connectivity index (χ3v) is 14.9. The van der Waals surface area contributed by atoms with E-state index in [1.165, 1.54) is 99.8 Å². The van der Waals surface area contributed by atoms with Crippen LogP contribution in [-0.4, -0.2) is 0 Å². The van der Waals surface area contributed by atoms with Gasteiger partial charge >= 0.3 is 0 Å². The highest BCUT2D eigenvalue weighted by atomic mass is 15.1. The molecule has 0 saturated carbocycles. The minimum absolute atomic E-state index is 0.0867. The molecule has 0 unspecified atom stereocenters. The van der Waals surface area contributed by atoms with Crippen LogP contribution >= 0.6 is 0 Å². The third-order valence-electron chi connectivity index (χ3n) is 14.9. The summed E-state index contributed by atoms with van der Waals surface area (Å²) in [7, 11) is 0. The number of hydrogen-bond donors (Lipinski definition) is 0. The van der Waals surface area contributed by atoms with Crippen molar-refractivity contribution >= 4 is 27.8 Å². The van der Waals surface area contributed by atoms with Crippen molar-refractivity contribution in [3.8, 4) is 55.6 Å². The molecule has 298 valence electrons. The van der Waals surface area contributed by atoms with Crippen LogP contribution in [0.4, 0.5) is 17.1 Å². The molecule has 0 aromatic heterocycles. The summed E-state index contributed by atoms with van der Waals surface area (Å²) in [5.41, 5.74) is 24.3. The summed E-state index contributed by atoms with van der Waals surface area (Å²) in [4.78, 5) is 2.48. The van der Waals surface area contributed by atoms with Gasteiger partial charge in [-0.2, -0.15) is 0 Å². The van der Waals surface area contributed by atoms with Crippen molar-refractivity contribution in [2.24, 2.45) is 0 Å². The molecule has 3 aliphatic carbocycles. The molecule has 0 saturated heterocycles. The third kappa shape index (κ3) is 5.15. The Labute approximate surface area is 366 Å². The Kier molecular flexibility index (Phi) is 7.74. The van der Waals surface area contributed by atoms with Gasteiger partial charge in [0.2, 0.25) is 0 Å². The van der Waals surface area contributed by atoms with Gasteiger partial charge in [0.15, 0.2) is 0 Å². The van der Waals surface area contributed by atoms with E-state index in [0.29, 0.717) is 0 Å². The maximum Gasteiger partial charge on any atom is 0.0468 e. The first-order chi connectivity index (χ1) is 30.0. The van der Waals surface area contributed by atoms with Crippen molar-refractivity contribution in [1.29, 1.82) is 0 Å². The van der Waals surface area contributed by atoms with Gasteiger partial charge in [0.25, 0.3) is 0 Å². The van der Waals surface area contributed by atoms with E-state index >= 15 is 0 Å². The molecule has 9 aromatic carbocycles. The normalized spacial score (nSPS) is 15.3. The lowest BCUT2D eigenvalue weighted by Gasteiger charge is -2.37. The number of hydrogen-bond acceptors (Lipinski definition) is 1. The Morgan fingerprint density at radius 1 is 0.290 bits per heavy atom. The second-order valence-corrected chi connectivity index (χ2v) is 19.3. The maximum atomic E-state index is 2.50. The van der Waals surface area contributed by atoms with Gasteiger partial charge in [0, 0.05) is 33.3 Å². The van der Waals surface area contributed by atoms with Crippen LogP contribution < -0.4 is 4.90 Å². The van der Waals surface area contributed by atoms with Crippen molar-refractivity contribution < 1.29 is 0 Å². The van der Waals surface area contributed by atoms with Crippen LogP contribution in [0.2, 0.25) is 0 Å². The van der Waals surface area contributed by atoms with Crippen molar-refractivity contribution in [2.75, 3.05) is 4.90 Å². The van der Waals surface area contributed by atoms with E-state index in [0.717, 1.165) is 17.1 Å². The first-order valence-corrected chi connectivity index (χ1v) is 22.2. The summed E-state index contributed by atoms with van der Waals surface area (Å²) >= 11 is 0. The maximum absolute atomic E-state index is 2.50. The van der Waals surface area contributed by atoms with Crippen LogP contribution in [0.1, 0.15) is 74.9 Å². The van der Waals surface area contributed by atoms with E-state index in [4.69, 9.17) is 0 Å². The predicted octanol–water partition coefficient (Wildman–Crippen LogP) is 16.6. The largest absolute Gasteiger partial charge is 0.310 e. The number of anilines is 3. The Bertz CT molecular complexity index is 3310. The van der Waals surface area contributed by atoms with Gasteiger partial charge in [0.05, 0.1) is 0 Å². The molecular formula is C61H49N. The molecule has 12 rings (SSSR count). The van der Waals surface area contributed by atoms with Crippen LogP contribution in [0.3, 0.4) is 0 Å². The van der Waals surface area contributed by atoms with Crippen molar-refractivity contribution in [3.05, 3.63) is 221 Å². The van der Waals surface area contributed by atoms with E-state index in [2.05, 4.69) is 234 Å². The Morgan fingerprint density at radius 3 is 1.48 bits per heavy atom. The van der Waals surface area contributed by atoms with Crippen molar-refractivity contribution in [1.82, 2.24) is 0 Å². The average Bonchev–Trinajstić information content (AvgIpc) is 3.67. The highest BCUT2D eigenvalue weighted by molar-refractivity contribution is 6.10. The zero-order chi connectivity index (χ0) is 42.1. The highest BCUT2D eigenvalue weighted by Crippen LogP contribution is 2.56. The summed E-state index contributed by atoms with van der Waals surface area (Å²) < 4.78 is 0. The number of rotatable bonds is 5. The fourth-order valence-electron chi connectivity index (χ4n) is 11.6. The van der Waals surface area contributed by atoms with Crippen molar-refractivity contribution in [3.63, 3.8) is 0 Å². The second kappa shape index (κ2) is 13.0. The molecule has 0 fully saturated rings. The van der Waals surface area contributed by atoms with E-state index in [9.17, 15) is 0 Å². The van der Waals surface area contributed by atoms with E-state index < -0.39 is 0 Å². The SMILES string of the molecule is CC1(C)c2ccccc2-c2ccc(-c3ccc4cccc5c4c3-c3cc(N(c4ccc(-c6ccccc6)cc4)c4ccc6c(c4)C(C)(C)c4ccccc4-6)ccc3C5(C)C)cc21. The lowest BCUT2D eigenvalue weighted by atomic mass is 9.67. The lowest BCUT2D eigenvalue weighted by Crippen LogP contribution is -2.24. The summed E-state index contributed by atoms with van der Waals surface area (Å²) in [6, 6.07) is 71.0. The highest BCUT2D eigenvalue weighted by Gasteiger charge is 2.39. The van der Waals surface area contributed by atoms with E-state index in [1.54, 1.807) is 0 Å². The molecular weight excluding hydrogens is 747 g/mol. The fourth-order valence-corrected chi connectivity index (χ4v) is 11.6. The lowest BCUT2D eigenvalue weighted by molar-refractivity contribution is 0.645. The van der Waals surface area contributed by atoms with E-state index in [-0.39, 0.29) is 16.2 Å². The van der Waals surface area contributed by atoms with E-state index in [1.807, 2.05) is 0 Å². The molecule has 62 heavy (non-hydrogen) atoms. The van der Waals surface area contributed by atoms with Gasteiger partial charge in [-0.05, 0) is 142 Å². The van der Waals surface area contributed by atoms with Gasteiger partial charge in [0.1, 0.15) is 0 Å². The Hall–Kier alpha value is -6.96. The first-order valence-electron chi connectivity index (χ1n) is 22.2. The molecule has 9 aromatic rings. The van der Waals surface area contributed by atoms with Gasteiger partial charge in [-0.25, -0.2) is 0 Å². The van der Waals surface area contributed by atoms with Gasteiger partial charge in [-0.3, -0.25) is 0 Å². The van der Waals surface area contributed by atoms with Crippen LogP contribution in [0.5, 0.6) is 0 Å². The summed E-state index contributed by atoms with van der Waals surface area (Å²) in [5.74, 6) is 0. The zero-order valence-electron chi connectivity index (χ0n) is 36.3. The van der Waals surface area contributed by atoms with Crippen molar-refractivity contribution in [2.45, 2.75) is 57.8 Å². The second-order valence-electron chi connectivity index (χ2n) is 19.3. The Balaban J connectivity index is 1.08. The number of benzene rings is 9. The summed E-state index contributed by atoms with van der Waals surface area (Å²) in [6.07, 6.45) is 0. The van der Waals surface area contributed by atoms with Crippen LogP contribution in [0, 0.1) is 0 Å². The van der Waals surface area contributed by atoms with Gasteiger partial charge < -0.3 is 4.90 Å². The zero-order valence-corrected chi connectivity index (χ0v) is 36.3. The van der Waals surface area contributed by atoms with Gasteiger partial charge in [-0.1, -0.05) is 187 Å². The topological polar surface area (TPSA) is 3.24 Å². The molecule has 1 nitrogen and oxygen atoms in total. The molecule has 0 radical (unpaired) electrons. The molecule has 0 heterocycles.